The Morgan fingerprint density at radius 2 is 2.00 bits per heavy atom. The maximum atomic E-state index is 12.0. The Labute approximate surface area is 102 Å². The molecule has 90 valence electrons. The Bertz CT molecular complexity index is 423. The predicted molar refractivity (Wildman–Crippen MR) is 66.7 cm³/mol. The van der Waals surface area contributed by atoms with Crippen LogP contribution in [0.2, 0.25) is 0 Å². The van der Waals surface area contributed by atoms with Crippen LogP contribution in [0.25, 0.3) is 0 Å². The fraction of sp³-hybridized carbons (Fsp3) is 0.500. The minimum absolute atomic E-state index is 0.266. The van der Waals surface area contributed by atoms with Gasteiger partial charge in [0.05, 0.1) is 12.0 Å². The van der Waals surface area contributed by atoms with Crippen LogP contribution >= 0.6 is 0 Å². The van der Waals surface area contributed by atoms with Gasteiger partial charge in [-0.25, -0.2) is 0 Å². The van der Waals surface area contributed by atoms with E-state index in [1.165, 1.54) is 13.0 Å². The fourth-order valence-electron chi connectivity index (χ4n) is 2.77. The summed E-state index contributed by atoms with van der Waals surface area (Å²) in [5.74, 6) is 0.266. The van der Waals surface area contributed by atoms with Crippen LogP contribution in [0, 0.1) is 0 Å². The molecule has 0 aromatic heterocycles. The molecule has 3 heteroatoms. The minimum Gasteiger partial charge on any atom is -0.339 e. The number of likely N-dealkylation sites (tertiary alicyclic amines) is 2. The number of amides is 1. The molecule has 0 aliphatic carbocycles. The number of nitrogens with zero attached hydrogens (tertiary/aromatic N) is 2. The molecule has 0 radical (unpaired) electrons. The zero-order valence-electron chi connectivity index (χ0n) is 10.2. The SMILES string of the molecule is CN1CCC12CN(C(=O)Cc1ccccc1)C2. The van der Waals surface area contributed by atoms with Crippen molar-refractivity contribution in [1.82, 2.24) is 9.80 Å². The molecule has 3 nitrogen and oxygen atoms in total. The summed E-state index contributed by atoms with van der Waals surface area (Å²) in [5, 5.41) is 0. The molecule has 2 aliphatic heterocycles. The van der Waals surface area contributed by atoms with E-state index in [0.29, 0.717) is 12.0 Å². The molecule has 0 bridgehead atoms. The van der Waals surface area contributed by atoms with E-state index in [1.807, 2.05) is 35.2 Å². The summed E-state index contributed by atoms with van der Waals surface area (Å²) in [6.07, 6.45) is 1.79. The quantitative estimate of drug-likeness (QED) is 0.761. The zero-order valence-corrected chi connectivity index (χ0v) is 10.2. The van der Waals surface area contributed by atoms with Crippen LogP contribution < -0.4 is 0 Å². The van der Waals surface area contributed by atoms with E-state index in [4.69, 9.17) is 0 Å². The van der Waals surface area contributed by atoms with Crippen molar-refractivity contribution >= 4 is 5.91 Å². The lowest BCUT2D eigenvalue weighted by molar-refractivity contribution is -0.156. The number of benzene rings is 1. The molecular formula is C14H18N2O. The van der Waals surface area contributed by atoms with Gasteiger partial charge >= 0.3 is 0 Å². The molecule has 3 rings (SSSR count). The molecule has 2 saturated heterocycles. The first kappa shape index (κ1) is 10.8. The van der Waals surface area contributed by atoms with Crippen LogP contribution in [-0.4, -0.2) is 47.9 Å². The largest absolute Gasteiger partial charge is 0.339 e. The van der Waals surface area contributed by atoms with Crippen molar-refractivity contribution in [3.8, 4) is 0 Å². The maximum Gasteiger partial charge on any atom is 0.227 e. The minimum atomic E-state index is 0.266. The average Bonchev–Trinajstić information content (AvgIpc) is 2.27. The second kappa shape index (κ2) is 3.84. The molecule has 1 aromatic rings. The van der Waals surface area contributed by atoms with Gasteiger partial charge in [-0.2, -0.15) is 0 Å². The molecule has 2 heterocycles. The summed E-state index contributed by atoms with van der Waals surface area (Å²) >= 11 is 0. The summed E-state index contributed by atoms with van der Waals surface area (Å²) in [4.78, 5) is 16.4. The first-order valence-electron chi connectivity index (χ1n) is 6.23. The monoisotopic (exact) mass is 230 g/mol. The van der Waals surface area contributed by atoms with Crippen molar-refractivity contribution in [2.45, 2.75) is 18.4 Å². The first-order chi connectivity index (χ1) is 8.20. The second-order valence-corrected chi connectivity index (χ2v) is 5.31. The lowest BCUT2D eigenvalue weighted by Crippen LogP contribution is -2.76. The van der Waals surface area contributed by atoms with E-state index in [9.17, 15) is 4.79 Å². The number of carbonyl (C=O) groups excluding carboxylic acids is 1. The maximum absolute atomic E-state index is 12.0. The number of rotatable bonds is 2. The number of carbonyl (C=O) groups is 1. The topological polar surface area (TPSA) is 23.6 Å². The molecule has 0 N–H and O–H groups in total. The van der Waals surface area contributed by atoms with Crippen LogP contribution in [0.1, 0.15) is 12.0 Å². The van der Waals surface area contributed by atoms with Crippen LogP contribution in [0.3, 0.4) is 0 Å². The lowest BCUT2D eigenvalue weighted by atomic mass is 9.78. The van der Waals surface area contributed by atoms with Crippen molar-refractivity contribution in [3.63, 3.8) is 0 Å². The van der Waals surface area contributed by atoms with Crippen molar-refractivity contribution in [3.05, 3.63) is 35.9 Å². The average molecular weight is 230 g/mol. The molecule has 1 aromatic carbocycles. The Kier molecular flexibility index (Phi) is 2.44. The van der Waals surface area contributed by atoms with Gasteiger partial charge < -0.3 is 4.90 Å². The fourth-order valence-corrected chi connectivity index (χ4v) is 2.77. The van der Waals surface area contributed by atoms with Crippen molar-refractivity contribution in [2.75, 3.05) is 26.7 Å². The molecule has 2 fully saturated rings. The van der Waals surface area contributed by atoms with Gasteiger partial charge in [0, 0.05) is 19.6 Å². The molecule has 1 amide bonds. The van der Waals surface area contributed by atoms with E-state index in [0.717, 1.165) is 18.7 Å². The Morgan fingerprint density at radius 3 is 2.53 bits per heavy atom. The van der Waals surface area contributed by atoms with E-state index < -0.39 is 0 Å². The van der Waals surface area contributed by atoms with Crippen molar-refractivity contribution in [1.29, 1.82) is 0 Å². The third-order valence-corrected chi connectivity index (χ3v) is 4.24. The standard InChI is InChI=1S/C14H18N2O/c1-15-8-7-14(15)10-16(11-14)13(17)9-12-5-3-2-4-6-12/h2-6H,7-11H2,1H3. The van der Waals surface area contributed by atoms with E-state index in [1.54, 1.807) is 0 Å². The van der Waals surface area contributed by atoms with Crippen LogP contribution in [0.4, 0.5) is 0 Å². The highest BCUT2D eigenvalue weighted by Gasteiger charge is 2.52. The molecule has 0 atom stereocenters. The molecule has 0 unspecified atom stereocenters. The van der Waals surface area contributed by atoms with Gasteiger partial charge in [-0.3, -0.25) is 9.69 Å². The number of hydrogen-bond donors (Lipinski definition) is 0. The summed E-state index contributed by atoms with van der Waals surface area (Å²) in [7, 11) is 2.16. The highest BCUT2D eigenvalue weighted by atomic mass is 16.2. The normalized spacial score (nSPS) is 22.1. The van der Waals surface area contributed by atoms with Gasteiger partial charge in [0.1, 0.15) is 0 Å². The van der Waals surface area contributed by atoms with Gasteiger partial charge in [0.25, 0.3) is 0 Å². The van der Waals surface area contributed by atoms with Gasteiger partial charge in [-0.15, -0.1) is 0 Å². The highest BCUT2D eigenvalue weighted by molar-refractivity contribution is 5.80. The summed E-state index contributed by atoms with van der Waals surface area (Å²) < 4.78 is 0. The Balaban J connectivity index is 1.56. The Hall–Kier alpha value is -1.35. The zero-order chi connectivity index (χ0) is 11.9. The predicted octanol–water partition coefficient (Wildman–Crippen LogP) is 1.15. The van der Waals surface area contributed by atoms with Gasteiger partial charge in [0.15, 0.2) is 0 Å². The van der Waals surface area contributed by atoms with E-state index in [-0.39, 0.29) is 5.91 Å². The van der Waals surface area contributed by atoms with Gasteiger partial charge in [-0.05, 0) is 19.0 Å². The molecule has 1 spiro atoms. The summed E-state index contributed by atoms with van der Waals surface area (Å²) in [5.41, 5.74) is 1.45. The van der Waals surface area contributed by atoms with Crippen LogP contribution in [0.15, 0.2) is 30.3 Å². The van der Waals surface area contributed by atoms with Gasteiger partial charge in [-0.1, -0.05) is 30.3 Å². The Morgan fingerprint density at radius 1 is 1.29 bits per heavy atom. The van der Waals surface area contributed by atoms with E-state index in [2.05, 4.69) is 11.9 Å². The number of likely N-dealkylation sites (N-methyl/N-ethyl adjacent to an activating group) is 1. The van der Waals surface area contributed by atoms with Crippen LogP contribution in [0.5, 0.6) is 0 Å². The summed E-state index contributed by atoms with van der Waals surface area (Å²) in [6.45, 7) is 3.03. The highest BCUT2D eigenvalue weighted by Crippen LogP contribution is 2.37. The second-order valence-electron chi connectivity index (χ2n) is 5.31. The van der Waals surface area contributed by atoms with Crippen molar-refractivity contribution < 1.29 is 4.79 Å². The molecule has 2 aliphatic rings. The molecule has 17 heavy (non-hydrogen) atoms. The molecule has 0 saturated carbocycles. The van der Waals surface area contributed by atoms with Crippen LogP contribution in [-0.2, 0) is 11.2 Å². The lowest BCUT2D eigenvalue weighted by Gasteiger charge is -2.61. The first-order valence-corrected chi connectivity index (χ1v) is 6.23. The summed E-state index contributed by atoms with van der Waals surface area (Å²) in [6, 6.07) is 9.99. The van der Waals surface area contributed by atoms with Gasteiger partial charge in [0.2, 0.25) is 5.91 Å². The third kappa shape index (κ3) is 1.75. The van der Waals surface area contributed by atoms with Crippen molar-refractivity contribution in [2.24, 2.45) is 0 Å². The molecular weight excluding hydrogens is 212 g/mol. The number of hydrogen-bond acceptors (Lipinski definition) is 2. The van der Waals surface area contributed by atoms with E-state index >= 15 is 0 Å². The smallest absolute Gasteiger partial charge is 0.227 e. The third-order valence-electron chi connectivity index (χ3n) is 4.24.